The van der Waals surface area contributed by atoms with Crippen molar-refractivity contribution in [2.24, 2.45) is 7.05 Å². The van der Waals surface area contributed by atoms with Gasteiger partial charge < -0.3 is 15.0 Å². The Morgan fingerprint density at radius 3 is 2.62 bits per heavy atom. The molecule has 0 bridgehead atoms. The Labute approximate surface area is 143 Å². The number of aliphatic carboxylic acids is 1. The Kier molecular flexibility index (Phi) is 4.84. The van der Waals surface area contributed by atoms with E-state index in [0.717, 1.165) is 23.8 Å². The van der Waals surface area contributed by atoms with Crippen molar-refractivity contribution in [1.82, 2.24) is 14.8 Å². The van der Waals surface area contributed by atoms with E-state index in [9.17, 15) is 9.59 Å². The van der Waals surface area contributed by atoms with Crippen LogP contribution in [0.25, 0.3) is 0 Å². The molecule has 1 aromatic heterocycles. The van der Waals surface area contributed by atoms with Crippen LogP contribution in [0.15, 0.2) is 29.4 Å². The number of thioether (sulfide) groups is 1. The van der Waals surface area contributed by atoms with Gasteiger partial charge in [0.05, 0.1) is 12.2 Å². The summed E-state index contributed by atoms with van der Waals surface area (Å²) in [6.45, 7) is 0. The maximum absolute atomic E-state index is 12.0. The number of amides is 1. The average Bonchev–Trinajstić information content (AvgIpc) is 3.31. The van der Waals surface area contributed by atoms with E-state index >= 15 is 0 Å². The van der Waals surface area contributed by atoms with Gasteiger partial charge in [0.2, 0.25) is 5.91 Å². The van der Waals surface area contributed by atoms with E-state index in [4.69, 9.17) is 5.11 Å². The Balaban J connectivity index is 1.51. The number of anilines is 1. The van der Waals surface area contributed by atoms with Gasteiger partial charge in [0.1, 0.15) is 5.82 Å². The van der Waals surface area contributed by atoms with Crippen LogP contribution < -0.4 is 5.32 Å². The molecule has 0 atom stereocenters. The average molecular weight is 346 g/mol. The van der Waals surface area contributed by atoms with Gasteiger partial charge in [0.25, 0.3) is 0 Å². The molecule has 0 unspecified atom stereocenters. The minimum absolute atomic E-state index is 0.0282. The fourth-order valence-corrected chi connectivity index (χ4v) is 3.07. The zero-order chi connectivity index (χ0) is 17.1. The molecule has 2 N–H and O–H groups in total. The number of carbonyl (C=O) groups excluding carboxylic acids is 1. The highest BCUT2D eigenvalue weighted by Gasteiger charge is 2.29. The van der Waals surface area contributed by atoms with Gasteiger partial charge in [0, 0.05) is 18.7 Å². The quantitative estimate of drug-likeness (QED) is 0.745. The van der Waals surface area contributed by atoms with Crippen LogP contribution in [0.3, 0.4) is 0 Å². The monoisotopic (exact) mass is 346 g/mol. The molecule has 8 heteroatoms. The number of carboxylic acids is 1. The minimum Gasteiger partial charge on any atom is -0.481 e. The van der Waals surface area contributed by atoms with Gasteiger partial charge >= 0.3 is 5.97 Å². The van der Waals surface area contributed by atoms with Crippen molar-refractivity contribution in [2.75, 3.05) is 11.1 Å². The van der Waals surface area contributed by atoms with Crippen LogP contribution in [0.4, 0.5) is 5.69 Å². The lowest BCUT2D eigenvalue weighted by Crippen LogP contribution is -2.14. The highest BCUT2D eigenvalue weighted by atomic mass is 32.2. The molecule has 0 radical (unpaired) electrons. The molecule has 1 aromatic carbocycles. The van der Waals surface area contributed by atoms with Crippen LogP contribution in [-0.2, 0) is 23.1 Å². The van der Waals surface area contributed by atoms with Crippen LogP contribution in [0.1, 0.15) is 30.1 Å². The zero-order valence-electron chi connectivity index (χ0n) is 13.2. The maximum Gasteiger partial charge on any atom is 0.307 e. The molecule has 1 saturated carbocycles. The fraction of sp³-hybridized carbons (Fsp3) is 0.375. The standard InChI is InChI=1S/C16H18N4O3S/c1-20-15(11-4-5-11)18-19-16(20)24-9-13(21)17-12-6-2-10(3-7-12)8-14(22)23/h2-3,6-7,11H,4-5,8-9H2,1H3,(H,17,21)(H,22,23). The summed E-state index contributed by atoms with van der Waals surface area (Å²) >= 11 is 1.35. The number of benzene rings is 1. The van der Waals surface area contributed by atoms with Gasteiger partial charge in [-0.1, -0.05) is 23.9 Å². The second-order valence-corrected chi connectivity index (χ2v) is 6.72. The van der Waals surface area contributed by atoms with Gasteiger partial charge in [-0.3, -0.25) is 9.59 Å². The fourth-order valence-electron chi connectivity index (χ4n) is 2.36. The van der Waals surface area contributed by atoms with E-state index in [1.54, 1.807) is 24.3 Å². The first-order valence-electron chi connectivity index (χ1n) is 7.65. The van der Waals surface area contributed by atoms with Crippen molar-refractivity contribution in [3.63, 3.8) is 0 Å². The first kappa shape index (κ1) is 16.5. The van der Waals surface area contributed by atoms with Crippen LogP contribution in [0.5, 0.6) is 0 Å². The summed E-state index contributed by atoms with van der Waals surface area (Å²) < 4.78 is 1.95. The lowest BCUT2D eigenvalue weighted by Gasteiger charge is -2.06. The summed E-state index contributed by atoms with van der Waals surface area (Å²) in [5.41, 5.74) is 1.34. The highest BCUT2D eigenvalue weighted by Crippen LogP contribution is 2.39. The maximum atomic E-state index is 12.0. The predicted molar refractivity (Wildman–Crippen MR) is 90.1 cm³/mol. The normalized spacial score (nSPS) is 13.7. The molecule has 24 heavy (non-hydrogen) atoms. The zero-order valence-corrected chi connectivity index (χ0v) is 14.0. The number of nitrogens with one attached hydrogen (secondary N) is 1. The molecule has 1 aliphatic rings. The number of aromatic nitrogens is 3. The van der Waals surface area contributed by atoms with Crippen molar-refractivity contribution < 1.29 is 14.7 Å². The molecule has 7 nitrogen and oxygen atoms in total. The van der Waals surface area contributed by atoms with E-state index in [-0.39, 0.29) is 18.1 Å². The summed E-state index contributed by atoms with van der Waals surface area (Å²) in [5.74, 6) is 0.745. The summed E-state index contributed by atoms with van der Waals surface area (Å²) in [7, 11) is 1.93. The second kappa shape index (κ2) is 7.04. The van der Waals surface area contributed by atoms with Gasteiger partial charge in [-0.25, -0.2) is 0 Å². The number of nitrogens with zero attached hydrogens (tertiary/aromatic N) is 3. The number of hydrogen-bond donors (Lipinski definition) is 2. The van der Waals surface area contributed by atoms with Crippen molar-refractivity contribution in [3.05, 3.63) is 35.7 Å². The van der Waals surface area contributed by atoms with Gasteiger partial charge in [-0.05, 0) is 30.5 Å². The number of hydrogen-bond acceptors (Lipinski definition) is 5. The minimum atomic E-state index is -0.877. The molecule has 1 aliphatic carbocycles. The molecule has 3 rings (SSSR count). The molecule has 1 fully saturated rings. The topological polar surface area (TPSA) is 97.1 Å². The van der Waals surface area contributed by atoms with E-state index in [1.165, 1.54) is 11.8 Å². The van der Waals surface area contributed by atoms with E-state index in [0.29, 0.717) is 17.2 Å². The van der Waals surface area contributed by atoms with Crippen LogP contribution >= 0.6 is 11.8 Å². The smallest absolute Gasteiger partial charge is 0.307 e. The lowest BCUT2D eigenvalue weighted by atomic mass is 10.1. The first-order chi connectivity index (χ1) is 11.5. The molecular formula is C16H18N4O3S. The molecular weight excluding hydrogens is 328 g/mol. The summed E-state index contributed by atoms with van der Waals surface area (Å²) in [6, 6.07) is 6.80. The largest absolute Gasteiger partial charge is 0.481 e. The number of carboxylic acid groups (broad SMARTS) is 1. The molecule has 1 amide bonds. The first-order valence-corrected chi connectivity index (χ1v) is 8.64. The number of rotatable bonds is 7. The second-order valence-electron chi connectivity index (χ2n) is 5.78. The van der Waals surface area contributed by atoms with Crippen LogP contribution in [0.2, 0.25) is 0 Å². The Hall–Kier alpha value is -2.35. The van der Waals surface area contributed by atoms with E-state index in [2.05, 4.69) is 15.5 Å². The SMILES string of the molecule is Cn1c(SCC(=O)Nc2ccc(CC(=O)O)cc2)nnc1C1CC1. The van der Waals surface area contributed by atoms with Crippen molar-refractivity contribution in [2.45, 2.75) is 30.3 Å². The molecule has 0 saturated heterocycles. The van der Waals surface area contributed by atoms with Gasteiger partial charge in [-0.2, -0.15) is 0 Å². The third kappa shape index (κ3) is 4.14. The third-order valence-corrected chi connectivity index (χ3v) is 4.76. The molecule has 2 aromatic rings. The molecule has 1 heterocycles. The molecule has 0 aliphatic heterocycles. The van der Waals surface area contributed by atoms with Crippen LogP contribution in [-0.4, -0.2) is 37.5 Å². The van der Waals surface area contributed by atoms with Gasteiger partial charge in [-0.15, -0.1) is 10.2 Å². The Morgan fingerprint density at radius 1 is 1.29 bits per heavy atom. The summed E-state index contributed by atoms with van der Waals surface area (Å²) in [5, 5.41) is 20.6. The molecule has 126 valence electrons. The summed E-state index contributed by atoms with van der Waals surface area (Å²) in [6.07, 6.45) is 2.30. The van der Waals surface area contributed by atoms with Crippen molar-refractivity contribution in [3.8, 4) is 0 Å². The van der Waals surface area contributed by atoms with Crippen LogP contribution in [0, 0.1) is 0 Å². The highest BCUT2D eigenvalue weighted by molar-refractivity contribution is 7.99. The third-order valence-electron chi connectivity index (χ3n) is 3.74. The van der Waals surface area contributed by atoms with E-state index in [1.807, 2.05) is 11.6 Å². The summed E-state index contributed by atoms with van der Waals surface area (Å²) in [4.78, 5) is 22.7. The predicted octanol–water partition coefficient (Wildman–Crippen LogP) is 2.05. The lowest BCUT2D eigenvalue weighted by molar-refractivity contribution is -0.136. The van der Waals surface area contributed by atoms with Crippen molar-refractivity contribution in [1.29, 1.82) is 0 Å². The number of carbonyl (C=O) groups is 2. The van der Waals surface area contributed by atoms with E-state index < -0.39 is 5.97 Å². The van der Waals surface area contributed by atoms with Crippen molar-refractivity contribution >= 4 is 29.3 Å². The molecule has 0 spiro atoms. The van der Waals surface area contributed by atoms with Gasteiger partial charge in [0.15, 0.2) is 5.16 Å². The Morgan fingerprint density at radius 2 is 2.00 bits per heavy atom. The Bertz CT molecular complexity index is 753.